The maximum absolute atomic E-state index is 12.3. The lowest BCUT2D eigenvalue weighted by Gasteiger charge is -2.22. The van der Waals surface area contributed by atoms with Crippen LogP contribution >= 0.6 is 0 Å². The Morgan fingerprint density at radius 2 is 0.667 bits per heavy atom. The zero-order chi connectivity index (χ0) is 35.0. The molecule has 0 aromatic heterocycles. The van der Waals surface area contributed by atoms with Crippen LogP contribution in [0.5, 0.6) is 0 Å². The number of hydrogen-bond acceptors (Lipinski definition) is 3. The van der Waals surface area contributed by atoms with Crippen LogP contribution in [0, 0.1) is 0 Å². The molecule has 1 amide bonds. The third-order valence-corrected chi connectivity index (χ3v) is 10.6. The Kier molecular flexibility index (Phi) is 40.3. The zero-order valence-corrected chi connectivity index (χ0v) is 33.0. The van der Waals surface area contributed by atoms with Gasteiger partial charge in [-0.25, -0.2) is 0 Å². The Bertz CT molecular complexity index is 612. The SMILES string of the molecule is CCCCCCCCCCCCCCCCCCCCCCCCCCCCCCC(=O)NC(CO)C(O)CCCCCCCCCC. The van der Waals surface area contributed by atoms with Gasteiger partial charge in [0.1, 0.15) is 0 Å². The molecule has 4 heteroatoms. The number of carbonyl (C=O) groups is 1. The molecule has 48 heavy (non-hydrogen) atoms. The number of rotatable bonds is 41. The summed E-state index contributed by atoms with van der Waals surface area (Å²) in [5, 5.41) is 23.0. The van der Waals surface area contributed by atoms with Gasteiger partial charge in [0.25, 0.3) is 0 Å². The molecule has 2 atom stereocenters. The van der Waals surface area contributed by atoms with Gasteiger partial charge in [-0.1, -0.05) is 239 Å². The quantitative estimate of drug-likeness (QED) is 0.0563. The van der Waals surface area contributed by atoms with Crippen molar-refractivity contribution >= 4 is 5.91 Å². The highest BCUT2D eigenvalue weighted by Gasteiger charge is 2.20. The first kappa shape index (κ1) is 47.4. The van der Waals surface area contributed by atoms with Crippen LogP contribution in [-0.2, 0) is 4.79 Å². The van der Waals surface area contributed by atoms with Crippen LogP contribution in [0.2, 0.25) is 0 Å². The first-order chi connectivity index (χ1) is 23.7. The van der Waals surface area contributed by atoms with Gasteiger partial charge in [-0.15, -0.1) is 0 Å². The van der Waals surface area contributed by atoms with Crippen LogP contribution in [0.1, 0.15) is 258 Å². The van der Waals surface area contributed by atoms with E-state index in [9.17, 15) is 15.0 Å². The van der Waals surface area contributed by atoms with Crippen LogP contribution in [0.3, 0.4) is 0 Å². The van der Waals surface area contributed by atoms with Crippen molar-refractivity contribution in [2.45, 2.75) is 270 Å². The highest BCUT2D eigenvalue weighted by Crippen LogP contribution is 2.17. The monoisotopic (exact) mass is 680 g/mol. The van der Waals surface area contributed by atoms with E-state index in [0.717, 1.165) is 25.7 Å². The molecule has 0 saturated heterocycles. The van der Waals surface area contributed by atoms with E-state index in [1.54, 1.807) is 0 Å². The lowest BCUT2D eigenvalue weighted by Crippen LogP contribution is -2.45. The van der Waals surface area contributed by atoms with E-state index < -0.39 is 12.1 Å². The molecule has 0 bridgehead atoms. The Balaban J connectivity index is 3.34. The highest BCUT2D eigenvalue weighted by molar-refractivity contribution is 5.76. The smallest absolute Gasteiger partial charge is 0.220 e. The Labute approximate surface area is 302 Å². The summed E-state index contributed by atoms with van der Waals surface area (Å²) in [6.45, 7) is 4.35. The lowest BCUT2D eigenvalue weighted by molar-refractivity contribution is -0.123. The van der Waals surface area contributed by atoms with Crippen LogP contribution in [0.4, 0.5) is 0 Å². The van der Waals surface area contributed by atoms with Crippen molar-refractivity contribution in [1.29, 1.82) is 0 Å². The molecule has 0 radical (unpaired) electrons. The zero-order valence-electron chi connectivity index (χ0n) is 33.0. The Morgan fingerprint density at radius 3 is 0.938 bits per heavy atom. The number of amides is 1. The van der Waals surface area contributed by atoms with E-state index in [4.69, 9.17) is 0 Å². The molecule has 0 saturated carbocycles. The van der Waals surface area contributed by atoms with Gasteiger partial charge < -0.3 is 15.5 Å². The van der Waals surface area contributed by atoms with Gasteiger partial charge in [-0.2, -0.15) is 0 Å². The van der Waals surface area contributed by atoms with Crippen molar-refractivity contribution < 1.29 is 15.0 Å². The summed E-state index contributed by atoms with van der Waals surface area (Å²) in [7, 11) is 0. The minimum absolute atomic E-state index is 0.0289. The molecule has 288 valence electrons. The minimum Gasteiger partial charge on any atom is -0.394 e. The van der Waals surface area contributed by atoms with Gasteiger partial charge in [0.05, 0.1) is 18.8 Å². The maximum atomic E-state index is 12.3. The van der Waals surface area contributed by atoms with E-state index >= 15 is 0 Å². The molecule has 0 aromatic rings. The second kappa shape index (κ2) is 40.8. The van der Waals surface area contributed by atoms with Crippen molar-refractivity contribution in [2.24, 2.45) is 0 Å². The minimum atomic E-state index is -0.650. The average Bonchev–Trinajstić information content (AvgIpc) is 3.09. The van der Waals surface area contributed by atoms with Crippen molar-refractivity contribution in [1.82, 2.24) is 5.32 Å². The summed E-state index contributed by atoms with van der Waals surface area (Å²) < 4.78 is 0. The molecule has 0 aliphatic rings. The van der Waals surface area contributed by atoms with Gasteiger partial charge in [-0.05, 0) is 12.8 Å². The molecule has 0 aliphatic carbocycles. The van der Waals surface area contributed by atoms with Gasteiger partial charge in [0.2, 0.25) is 5.91 Å². The van der Waals surface area contributed by atoms with Gasteiger partial charge >= 0.3 is 0 Å². The van der Waals surface area contributed by atoms with Crippen LogP contribution in [0.15, 0.2) is 0 Å². The molecule has 3 N–H and O–H groups in total. The Hall–Kier alpha value is -0.610. The largest absolute Gasteiger partial charge is 0.394 e. The van der Waals surface area contributed by atoms with Crippen molar-refractivity contribution in [3.63, 3.8) is 0 Å². The number of aliphatic hydroxyl groups is 2. The molecule has 0 aromatic carbocycles. The first-order valence-electron chi connectivity index (χ1n) is 22.2. The molecule has 0 aliphatic heterocycles. The van der Waals surface area contributed by atoms with E-state index in [2.05, 4.69) is 19.2 Å². The Morgan fingerprint density at radius 1 is 0.417 bits per heavy atom. The molecule has 0 heterocycles. The second-order valence-corrected chi connectivity index (χ2v) is 15.5. The first-order valence-corrected chi connectivity index (χ1v) is 22.2. The number of unbranched alkanes of at least 4 members (excludes halogenated alkanes) is 34. The molecule has 4 nitrogen and oxygen atoms in total. The van der Waals surface area contributed by atoms with Crippen LogP contribution in [-0.4, -0.2) is 34.9 Å². The van der Waals surface area contributed by atoms with Crippen molar-refractivity contribution in [3.05, 3.63) is 0 Å². The molecule has 0 fully saturated rings. The summed E-state index contributed by atoms with van der Waals surface area (Å²) in [5.41, 5.74) is 0. The van der Waals surface area contributed by atoms with Crippen LogP contribution in [0.25, 0.3) is 0 Å². The van der Waals surface area contributed by atoms with E-state index in [0.29, 0.717) is 12.8 Å². The summed E-state index contributed by atoms with van der Waals surface area (Å²) in [6.07, 6.45) is 49.2. The molecule has 0 rings (SSSR count). The fourth-order valence-corrected chi connectivity index (χ4v) is 7.19. The van der Waals surface area contributed by atoms with Gasteiger partial charge in [0.15, 0.2) is 0 Å². The van der Waals surface area contributed by atoms with Crippen molar-refractivity contribution in [2.75, 3.05) is 6.61 Å². The normalized spacial score (nSPS) is 12.8. The molecular formula is C44H89NO3. The number of carbonyl (C=O) groups excluding carboxylic acids is 1. The number of hydrogen-bond donors (Lipinski definition) is 3. The topological polar surface area (TPSA) is 69.6 Å². The molecule has 2 unspecified atom stereocenters. The molecular weight excluding hydrogens is 590 g/mol. The average molecular weight is 680 g/mol. The summed E-state index contributed by atoms with van der Waals surface area (Å²) >= 11 is 0. The van der Waals surface area contributed by atoms with E-state index in [1.807, 2.05) is 0 Å². The van der Waals surface area contributed by atoms with Gasteiger partial charge in [0, 0.05) is 6.42 Å². The summed E-state index contributed by atoms with van der Waals surface area (Å²) in [5.74, 6) is -0.0289. The van der Waals surface area contributed by atoms with Crippen LogP contribution < -0.4 is 5.32 Å². The summed E-state index contributed by atoms with van der Waals surface area (Å²) in [6, 6.07) is -0.527. The highest BCUT2D eigenvalue weighted by atomic mass is 16.3. The third-order valence-electron chi connectivity index (χ3n) is 10.6. The third kappa shape index (κ3) is 36.7. The predicted molar refractivity (Wildman–Crippen MR) is 212 cm³/mol. The van der Waals surface area contributed by atoms with Crippen molar-refractivity contribution in [3.8, 4) is 0 Å². The second-order valence-electron chi connectivity index (χ2n) is 15.5. The molecule has 0 spiro atoms. The maximum Gasteiger partial charge on any atom is 0.220 e. The van der Waals surface area contributed by atoms with E-state index in [-0.39, 0.29) is 12.5 Å². The van der Waals surface area contributed by atoms with Gasteiger partial charge in [-0.3, -0.25) is 4.79 Å². The summed E-state index contributed by atoms with van der Waals surface area (Å²) in [4.78, 5) is 12.3. The fourth-order valence-electron chi connectivity index (χ4n) is 7.19. The van der Waals surface area contributed by atoms with E-state index in [1.165, 1.54) is 205 Å². The number of nitrogens with one attached hydrogen (secondary N) is 1. The predicted octanol–water partition coefficient (Wildman–Crippen LogP) is 13.7. The number of aliphatic hydroxyl groups excluding tert-OH is 2. The fraction of sp³-hybridized carbons (Fsp3) is 0.977. The standard InChI is InChI=1S/C44H89NO3/c1-3-5-7-9-11-13-14-15-16-17-18-19-20-21-22-23-24-25-26-27-28-29-30-31-32-34-36-38-40-44(48)45-42(41-46)43(47)39-37-35-33-12-10-8-6-4-2/h42-43,46-47H,3-41H2,1-2H3,(H,45,48). The lowest BCUT2D eigenvalue weighted by atomic mass is 10.0.